The number of nitriles is 1. The minimum atomic E-state index is -0.320. The van der Waals surface area contributed by atoms with Crippen LogP contribution >= 0.6 is 0 Å². The lowest BCUT2D eigenvalue weighted by Gasteiger charge is -2.19. The van der Waals surface area contributed by atoms with E-state index in [1.54, 1.807) is 6.08 Å². The van der Waals surface area contributed by atoms with E-state index in [4.69, 9.17) is 5.26 Å². The van der Waals surface area contributed by atoms with Crippen molar-refractivity contribution in [2.75, 3.05) is 26.7 Å². The molecule has 0 spiro atoms. The Balaban J connectivity index is 3.79. The van der Waals surface area contributed by atoms with Crippen LogP contribution in [0.4, 0.5) is 0 Å². The number of carbonyl (C=O) groups excluding carboxylic acids is 1. The summed E-state index contributed by atoms with van der Waals surface area (Å²) in [4.78, 5) is 13.0. The number of methoxy groups -OCH3 is 1. The van der Waals surface area contributed by atoms with Gasteiger partial charge in [-0.05, 0) is 19.4 Å². The number of hydrogen-bond acceptors (Lipinski definition) is 4. The summed E-state index contributed by atoms with van der Waals surface area (Å²) >= 11 is 0. The lowest BCUT2D eigenvalue weighted by atomic mass is 10.3. The van der Waals surface area contributed by atoms with Crippen molar-refractivity contribution in [1.82, 2.24) is 4.90 Å². The molecule has 90 valence electrons. The largest absolute Gasteiger partial charge is 0.466 e. The maximum Gasteiger partial charge on any atom is 0.330 e. The Morgan fingerprint density at radius 2 is 2.19 bits per heavy atom. The minimum Gasteiger partial charge on any atom is -0.466 e. The highest BCUT2D eigenvalue weighted by Gasteiger charge is 2.01. The van der Waals surface area contributed by atoms with Crippen molar-refractivity contribution >= 4 is 5.97 Å². The predicted octanol–water partition coefficient (Wildman–Crippen LogP) is 1.73. The van der Waals surface area contributed by atoms with Gasteiger partial charge in [0.15, 0.2) is 0 Å². The molecular formula is C12H20N2O2. The summed E-state index contributed by atoms with van der Waals surface area (Å²) in [6.45, 7) is 4.79. The van der Waals surface area contributed by atoms with E-state index in [0.29, 0.717) is 6.42 Å². The van der Waals surface area contributed by atoms with Crippen LogP contribution in [-0.2, 0) is 9.53 Å². The zero-order valence-electron chi connectivity index (χ0n) is 10.1. The molecule has 0 aliphatic rings. The Morgan fingerprint density at radius 3 is 2.75 bits per heavy atom. The Kier molecular flexibility index (Phi) is 9.33. The van der Waals surface area contributed by atoms with Gasteiger partial charge in [-0.2, -0.15) is 5.26 Å². The van der Waals surface area contributed by atoms with Gasteiger partial charge < -0.3 is 9.64 Å². The van der Waals surface area contributed by atoms with Gasteiger partial charge in [0.2, 0.25) is 0 Å². The van der Waals surface area contributed by atoms with Crippen LogP contribution in [0.2, 0.25) is 0 Å². The van der Waals surface area contributed by atoms with E-state index in [2.05, 4.69) is 22.6 Å². The first kappa shape index (κ1) is 14.7. The van der Waals surface area contributed by atoms with E-state index in [-0.39, 0.29) is 5.97 Å². The van der Waals surface area contributed by atoms with E-state index in [1.807, 2.05) is 0 Å². The molecule has 0 aromatic rings. The van der Waals surface area contributed by atoms with Gasteiger partial charge >= 0.3 is 5.97 Å². The lowest BCUT2D eigenvalue weighted by molar-refractivity contribution is -0.134. The molecule has 0 N–H and O–H groups in total. The molecule has 4 nitrogen and oxygen atoms in total. The fourth-order valence-electron chi connectivity index (χ4n) is 1.36. The van der Waals surface area contributed by atoms with Gasteiger partial charge in [-0.1, -0.05) is 13.0 Å². The highest BCUT2D eigenvalue weighted by atomic mass is 16.5. The second-order valence-electron chi connectivity index (χ2n) is 3.46. The molecule has 0 heterocycles. The third kappa shape index (κ3) is 8.01. The predicted molar refractivity (Wildman–Crippen MR) is 62.7 cm³/mol. The highest BCUT2D eigenvalue weighted by Crippen LogP contribution is 1.97. The minimum absolute atomic E-state index is 0.320. The Bertz CT molecular complexity index is 256. The maximum absolute atomic E-state index is 10.8. The topological polar surface area (TPSA) is 53.3 Å². The van der Waals surface area contributed by atoms with Gasteiger partial charge in [-0.3, -0.25) is 0 Å². The summed E-state index contributed by atoms with van der Waals surface area (Å²) < 4.78 is 4.49. The maximum atomic E-state index is 10.8. The molecule has 0 aromatic heterocycles. The first-order valence-corrected chi connectivity index (χ1v) is 5.58. The highest BCUT2D eigenvalue weighted by molar-refractivity contribution is 5.81. The molecule has 0 aliphatic heterocycles. The van der Waals surface area contributed by atoms with Gasteiger partial charge in [-0.25, -0.2) is 4.79 Å². The normalized spacial score (nSPS) is 10.6. The molecule has 16 heavy (non-hydrogen) atoms. The van der Waals surface area contributed by atoms with Crippen LogP contribution in [0.5, 0.6) is 0 Å². The molecule has 0 unspecified atom stereocenters. The lowest BCUT2D eigenvalue weighted by Crippen LogP contribution is -2.26. The summed E-state index contributed by atoms with van der Waals surface area (Å²) in [6.07, 6.45) is 5.68. The van der Waals surface area contributed by atoms with Crippen LogP contribution in [0.3, 0.4) is 0 Å². The third-order valence-corrected chi connectivity index (χ3v) is 2.15. The molecule has 0 amide bonds. The van der Waals surface area contributed by atoms with Crippen molar-refractivity contribution in [2.45, 2.75) is 26.2 Å². The van der Waals surface area contributed by atoms with Crippen LogP contribution in [-0.4, -0.2) is 37.6 Å². The first-order valence-electron chi connectivity index (χ1n) is 5.58. The smallest absolute Gasteiger partial charge is 0.330 e. The SMILES string of the molecule is CCCN(CCC#N)CC/C=C/C(=O)OC. The summed E-state index contributed by atoms with van der Waals surface area (Å²) in [6, 6.07) is 2.14. The number of carbonyl (C=O) groups is 1. The molecule has 0 fully saturated rings. The number of ether oxygens (including phenoxy) is 1. The zero-order chi connectivity index (χ0) is 12.2. The van der Waals surface area contributed by atoms with Crippen molar-refractivity contribution in [3.63, 3.8) is 0 Å². The zero-order valence-corrected chi connectivity index (χ0v) is 10.1. The van der Waals surface area contributed by atoms with Crippen molar-refractivity contribution in [3.8, 4) is 6.07 Å². The number of esters is 1. The average Bonchev–Trinajstić information content (AvgIpc) is 2.30. The molecule has 0 atom stereocenters. The van der Waals surface area contributed by atoms with Crippen LogP contribution in [0.1, 0.15) is 26.2 Å². The second kappa shape index (κ2) is 10.2. The van der Waals surface area contributed by atoms with Crippen molar-refractivity contribution < 1.29 is 9.53 Å². The molecule has 0 saturated heterocycles. The van der Waals surface area contributed by atoms with Crippen molar-refractivity contribution in [1.29, 1.82) is 5.26 Å². The van der Waals surface area contributed by atoms with Crippen molar-refractivity contribution in [2.24, 2.45) is 0 Å². The fraction of sp³-hybridized carbons (Fsp3) is 0.667. The number of hydrogen-bond donors (Lipinski definition) is 0. The van der Waals surface area contributed by atoms with E-state index in [0.717, 1.165) is 32.5 Å². The summed E-state index contributed by atoms with van der Waals surface area (Å²) in [5, 5.41) is 8.51. The standard InChI is InChI=1S/C12H20N2O2/c1-3-9-14(11-6-8-13)10-5-4-7-12(15)16-2/h4,7H,3,5-6,9-11H2,1-2H3/b7-4+. The number of nitrogens with zero attached hydrogens (tertiary/aromatic N) is 2. The van der Waals surface area contributed by atoms with E-state index < -0.39 is 0 Å². The molecule has 0 rings (SSSR count). The number of rotatable bonds is 8. The summed E-state index contributed by atoms with van der Waals surface area (Å²) in [7, 11) is 1.36. The van der Waals surface area contributed by atoms with Gasteiger partial charge in [0.25, 0.3) is 0 Å². The first-order chi connectivity index (χ1) is 7.74. The van der Waals surface area contributed by atoms with Gasteiger partial charge in [0.05, 0.1) is 13.2 Å². The second-order valence-corrected chi connectivity index (χ2v) is 3.46. The van der Waals surface area contributed by atoms with Gasteiger partial charge in [-0.15, -0.1) is 0 Å². The van der Waals surface area contributed by atoms with E-state index in [1.165, 1.54) is 13.2 Å². The molecule has 0 saturated carbocycles. The Labute approximate surface area is 97.5 Å². The molecule has 0 aromatic carbocycles. The van der Waals surface area contributed by atoms with E-state index >= 15 is 0 Å². The van der Waals surface area contributed by atoms with Crippen LogP contribution in [0.15, 0.2) is 12.2 Å². The van der Waals surface area contributed by atoms with Crippen LogP contribution < -0.4 is 0 Å². The van der Waals surface area contributed by atoms with Gasteiger partial charge in [0, 0.05) is 25.6 Å². The summed E-state index contributed by atoms with van der Waals surface area (Å²) in [5.41, 5.74) is 0. The van der Waals surface area contributed by atoms with E-state index in [9.17, 15) is 4.79 Å². The van der Waals surface area contributed by atoms with Crippen molar-refractivity contribution in [3.05, 3.63) is 12.2 Å². The quantitative estimate of drug-likeness (QED) is 0.465. The molecular weight excluding hydrogens is 204 g/mol. The molecule has 4 heteroatoms. The third-order valence-electron chi connectivity index (χ3n) is 2.15. The van der Waals surface area contributed by atoms with Crippen LogP contribution in [0, 0.1) is 11.3 Å². The molecule has 0 radical (unpaired) electrons. The fourth-order valence-corrected chi connectivity index (χ4v) is 1.36. The molecule has 0 bridgehead atoms. The summed E-state index contributed by atoms with van der Waals surface area (Å²) in [5.74, 6) is -0.320. The average molecular weight is 224 g/mol. The molecule has 0 aliphatic carbocycles. The van der Waals surface area contributed by atoms with Crippen LogP contribution in [0.25, 0.3) is 0 Å². The Morgan fingerprint density at radius 1 is 1.44 bits per heavy atom. The van der Waals surface area contributed by atoms with Gasteiger partial charge in [0.1, 0.15) is 0 Å². The monoisotopic (exact) mass is 224 g/mol. The Hall–Kier alpha value is -1.34.